The van der Waals surface area contributed by atoms with Crippen molar-refractivity contribution >= 4 is 11.6 Å². The van der Waals surface area contributed by atoms with E-state index in [0.29, 0.717) is 30.8 Å². The molecule has 0 fully saturated rings. The standard InChI is InChI=1S/C18H21N5O/c1-14(2)18(24)21-8-9-23(12-17-11-20-13-22(17)3)16-6-4-15(10-19)5-7-16/h4-7,11,13H,1,8-9,12H2,2-3H3,(H,21,24). The van der Waals surface area contributed by atoms with Gasteiger partial charge in [0.1, 0.15) is 0 Å². The lowest BCUT2D eigenvalue weighted by molar-refractivity contribution is -0.117. The van der Waals surface area contributed by atoms with Crippen LogP contribution in [0, 0.1) is 11.3 Å². The van der Waals surface area contributed by atoms with Crippen LogP contribution in [0.15, 0.2) is 48.9 Å². The molecule has 0 atom stereocenters. The quantitative estimate of drug-likeness (QED) is 0.791. The van der Waals surface area contributed by atoms with E-state index in [2.05, 4.69) is 27.8 Å². The number of carbonyl (C=O) groups excluding carboxylic acids is 1. The summed E-state index contributed by atoms with van der Waals surface area (Å²) in [7, 11) is 1.95. The number of hydrogen-bond donors (Lipinski definition) is 1. The molecule has 0 aliphatic rings. The molecule has 24 heavy (non-hydrogen) atoms. The van der Waals surface area contributed by atoms with E-state index >= 15 is 0 Å². The number of imidazole rings is 1. The molecule has 6 nitrogen and oxygen atoms in total. The van der Waals surface area contributed by atoms with E-state index in [1.165, 1.54) is 0 Å². The van der Waals surface area contributed by atoms with Crippen molar-refractivity contribution in [2.24, 2.45) is 7.05 Å². The number of anilines is 1. The molecule has 0 unspecified atom stereocenters. The van der Waals surface area contributed by atoms with Crippen LogP contribution in [0.5, 0.6) is 0 Å². The molecule has 0 radical (unpaired) electrons. The molecule has 1 amide bonds. The lowest BCUT2D eigenvalue weighted by atomic mass is 10.2. The number of nitrogens with zero attached hydrogens (tertiary/aromatic N) is 4. The van der Waals surface area contributed by atoms with Gasteiger partial charge in [0.2, 0.25) is 5.91 Å². The topological polar surface area (TPSA) is 74.0 Å². The van der Waals surface area contributed by atoms with Crippen molar-refractivity contribution < 1.29 is 4.79 Å². The minimum absolute atomic E-state index is 0.143. The normalized spacial score (nSPS) is 10.0. The Morgan fingerprint density at radius 3 is 2.67 bits per heavy atom. The highest BCUT2D eigenvalue weighted by Gasteiger charge is 2.11. The molecule has 1 heterocycles. The Morgan fingerprint density at radius 1 is 1.42 bits per heavy atom. The smallest absolute Gasteiger partial charge is 0.246 e. The number of nitrogens with one attached hydrogen (secondary N) is 1. The second-order valence-electron chi connectivity index (χ2n) is 5.61. The third kappa shape index (κ3) is 4.46. The number of aromatic nitrogens is 2. The van der Waals surface area contributed by atoms with Gasteiger partial charge in [0.25, 0.3) is 0 Å². The van der Waals surface area contributed by atoms with Crippen LogP contribution in [0.25, 0.3) is 0 Å². The van der Waals surface area contributed by atoms with Gasteiger partial charge in [0.15, 0.2) is 0 Å². The molecular weight excluding hydrogens is 302 g/mol. The van der Waals surface area contributed by atoms with E-state index in [0.717, 1.165) is 11.4 Å². The first-order valence-electron chi connectivity index (χ1n) is 7.65. The van der Waals surface area contributed by atoms with Gasteiger partial charge < -0.3 is 14.8 Å². The molecule has 1 aromatic heterocycles. The number of nitriles is 1. The molecule has 0 saturated heterocycles. The van der Waals surface area contributed by atoms with Crippen LogP contribution >= 0.6 is 0 Å². The molecule has 0 bridgehead atoms. The molecule has 1 N–H and O–H groups in total. The maximum atomic E-state index is 11.6. The van der Waals surface area contributed by atoms with Crippen LogP contribution in [0.1, 0.15) is 18.2 Å². The largest absolute Gasteiger partial charge is 0.364 e. The second kappa shape index (κ2) is 7.97. The minimum Gasteiger partial charge on any atom is -0.364 e. The van der Waals surface area contributed by atoms with Gasteiger partial charge in [-0.15, -0.1) is 0 Å². The Labute approximate surface area is 142 Å². The van der Waals surface area contributed by atoms with Crippen molar-refractivity contribution in [3.63, 3.8) is 0 Å². The summed E-state index contributed by atoms with van der Waals surface area (Å²) in [5.41, 5.74) is 3.16. The molecule has 0 aliphatic carbocycles. The van der Waals surface area contributed by atoms with Crippen molar-refractivity contribution in [2.75, 3.05) is 18.0 Å². The summed E-state index contributed by atoms with van der Waals surface area (Å²) in [5.74, 6) is -0.143. The Bertz CT molecular complexity index is 754. The molecule has 2 aromatic rings. The monoisotopic (exact) mass is 323 g/mol. The predicted molar refractivity (Wildman–Crippen MR) is 93.2 cm³/mol. The molecule has 0 aliphatic heterocycles. The first-order valence-corrected chi connectivity index (χ1v) is 7.65. The molecule has 124 valence electrons. The van der Waals surface area contributed by atoms with Gasteiger partial charge in [-0.05, 0) is 31.2 Å². The first-order chi connectivity index (χ1) is 11.5. The number of rotatable bonds is 7. The third-order valence-corrected chi connectivity index (χ3v) is 3.69. The van der Waals surface area contributed by atoms with Crippen LogP contribution < -0.4 is 10.2 Å². The van der Waals surface area contributed by atoms with Crippen LogP contribution in [0.2, 0.25) is 0 Å². The second-order valence-corrected chi connectivity index (χ2v) is 5.61. The molecule has 6 heteroatoms. The fourth-order valence-electron chi connectivity index (χ4n) is 2.23. The van der Waals surface area contributed by atoms with Gasteiger partial charge in [-0.3, -0.25) is 4.79 Å². The van der Waals surface area contributed by atoms with E-state index < -0.39 is 0 Å². The minimum atomic E-state index is -0.143. The van der Waals surface area contributed by atoms with Gasteiger partial charge in [-0.2, -0.15) is 5.26 Å². The van der Waals surface area contributed by atoms with Crippen molar-refractivity contribution in [2.45, 2.75) is 13.5 Å². The fraction of sp³-hybridized carbons (Fsp3) is 0.278. The zero-order valence-corrected chi connectivity index (χ0v) is 14.0. The summed E-state index contributed by atoms with van der Waals surface area (Å²) < 4.78 is 1.96. The number of carbonyl (C=O) groups is 1. The summed E-state index contributed by atoms with van der Waals surface area (Å²) in [4.78, 5) is 17.9. The van der Waals surface area contributed by atoms with Gasteiger partial charge in [-0.1, -0.05) is 6.58 Å². The van der Waals surface area contributed by atoms with Crippen molar-refractivity contribution in [1.29, 1.82) is 5.26 Å². The Morgan fingerprint density at radius 2 is 2.12 bits per heavy atom. The molecule has 2 rings (SSSR count). The summed E-state index contributed by atoms with van der Waals surface area (Å²) >= 11 is 0. The summed E-state index contributed by atoms with van der Waals surface area (Å²) in [5, 5.41) is 11.8. The van der Waals surface area contributed by atoms with Crippen molar-refractivity contribution in [1.82, 2.24) is 14.9 Å². The van der Waals surface area contributed by atoms with Crippen LogP contribution in [-0.4, -0.2) is 28.5 Å². The van der Waals surface area contributed by atoms with E-state index in [4.69, 9.17) is 5.26 Å². The summed E-state index contributed by atoms with van der Waals surface area (Å²) in [6.07, 6.45) is 3.58. The number of aryl methyl sites for hydroxylation is 1. The predicted octanol–water partition coefficient (Wildman–Crippen LogP) is 1.99. The SMILES string of the molecule is C=C(C)C(=O)NCCN(Cc1cncn1C)c1ccc(C#N)cc1. The van der Waals surface area contributed by atoms with Crippen molar-refractivity contribution in [3.8, 4) is 6.07 Å². The summed E-state index contributed by atoms with van der Waals surface area (Å²) in [6.45, 7) is 7.12. The number of benzene rings is 1. The lowest BCUT2D eigenvalue weighted by Crippen LogP contribution is -2.35. The van der Waals surface area contributed by atoms with Crippen LogP contribution in [0.3, 0.4) is 0 Å². The van der Waals surface area contributed by atoms with Gasteiger partial charge in [0.05, 0.1) is 30.2 Å². The van der Waals surface area contributed by atoms with E-state index in [1.807, 2.05) is 29.9 Å². The third-order valence-electron chi connectivity index (χ3n) is 3.69. The zero-order valence-electron chi connectivity index (χ0n) is 14.0. The molecular formula is C18H21N5O. The fourth-order valence-corrected chi connectivity index (χ4v) is 2.23. The first kappa shape index (κ1) is 17.3. The average molecular weight is 323 g/mol. The summed E-state index contributed by atoms with van der Waals surface area (Å²) in [6, 6.07) is 9.52. The molecule has 0 saturated carbocycles. The number of amides is 1. The van der Waals surface area contributed by atoms with E-state index in [1.54, 1.807) is 25.4 Å². The van der Waals surface area contributed by atoms with Crippen LogP contribution in [0.4, 0.5) is 5.69 Å². The molecule has 1 aromatic carbocycles. The Kier molecular flexibility index (Phi) is 5.74. The highest BCUT2D eigenvalue weighted by Crippen LogP contribution is 2.17. The number of hydrogen-bond acceptors (Lipinski definition) is 4. The maximum Gasteiger partial charge on any atom is 0.246 e. The maximum absolute atomic E-state index is 11.6. The van der Waals surface area contributed by atoms with Gasteiger partial charge in [0, 0.05) is 37.6 Å². The highest BCUT2D eigenvalue weighted by molar-refractivity contribution is 5.92. The van der Waals surface area contributed by atoms with Crippen LogP contribution in [-0.2, 0) is 18.4 Å². The lowest BCUT2D eigenvalue weighted by Gasteiger charge is -2.25. The average Bonchev–Trinajstić information content (AvgIpc) is 2.98. The zero-order chi connectivity index (χ0) is 17.5. The molecule has 0 spiro atoms. The Hall–Kier alpha value is -3.07. The van der Waals surface area contributed by atoms with E-state index in [9.17, 15) is 4.79 Å². The van der Waals surface area contributed by atoms with Crippen molar-refractivity contribution in [3.05, 3.63) is 60.2 Å². The van der Waals surface area contributed by atoms with Gasteiger partial charge >= 0.3 is 0 Å². The van der Waals surface area contributed by atoms with E-state index in [-0.39, 0.29) is 5.91 Å². The highest BCUT2D eigenvalue weighted by atomic mass is 16.1. The Balaban J connectivity index is 2.11. The van der Waals surface area contributed by atoms with Gasteiger partial charge in [-0.25, -0.2) is 4.98 Å².